The van der Waals surface area contributed by atoms with Crippen LogP contribution in [-0.4, -0.2) is 31.9 Å². The van der Waals surface area contributed by atoms with E-state index in [1.54, 1.807) is 17.5 Å². The van der Waals surface area contributed by atoms with Gasteiger partial charge in [0.25, 0.3) is 0 Å². The maximum absolute atomic E-state index is 13.2. The summed E-state index contributed by atoms with van der Waals surface area (Å²) in [4.78, 5) is 36.8. The number of aryl methyl sites for hydroxylation is 2. The number of ketones is 1. The predicted molar refractivity (Wildman–Crippen MR) is 114 cm³/mol. The molecule has 0 amide bonds. The highest BCUT2D eigenvalue weighted by atomic mass is 32.2. The van der Waals surface area contributed by atoms with Crippen molar-refractivity contribution < 1.29 is 23.9 Å². The zero-order valence-corrected chi connectivity index (χ0v) is 17.5. The van der Waals surface area contributed by atoms with Crippen LogP contribution in [-0.2, 0) is 19.1 Å². The standard InChI is InChI=1S/C23H22O5S/c1-15-5-9-17(10-6-15)19(22(25)18-11-7-16(2)8-12-18)14-29-20(23(26)28-4)13-21(24)27-3/h5-14H,1-4H3/b19-14+,20-13-. The number of hydrogen-bond acceptors (Lipinski definition) is 6. The molecule has 0 heterocycles. The number of Topliss-reactive ketones (excluding diaryl/α,β-unsaturated/α-hetero) is 1. The lowest BCUT2D eigenvalue weighted by Gasteiger charge is -2.09. The average Bonchev–Trinajstić information content (AvgIpc) is 2.73. The molecule has 0 unspecified atom stereocenters. The van der Waals surface area contributed by atoms with Crippen molar-refractivity contribution in [1.82, 2.24) is 0 Å². The first kappa shape index (κ1) is 22.2. The molecular formula is C23H22O5S. The summed E-state index contributed by atoms with van der Waals surface area (Å²) in [5.41, 5.74) is 3.74. The highest BCUT2D eigenvalue weighted by Gasteiger charge is 2.17. The number of esters is 2. The van der Waals surface area contributed by atoms with Crippen molar-refractivity contribution in [2.75, 3.05) is 14.2 Å². The van der Waals surface area contributed by atoms with Crippen LogP contribution < -0.4 is 0 Å². The molecule has 2 rings (SSSR count). The van der Waals surface area contributed by atoms with Crippen LogP contribution in [0.2, 0.25) is 0 Å². The van der Waals surface area contributed by atoms with E-state index in [1.165, 1.54) is 14.2 Å². The third-order valence-corrected chi connectivity index (χ3v) is 4.95. The fourth-order valence-electron chi connectivity index (χ4n) is 2.38. The van der Waals surface area contributed by atoms with Crippen LogP contribution in [0.3, 0.4) is 0 Å². The first-order valence-electron chi connectivity index (χ1n) is 8.79. The van der Waals surface area contributed by atoms with Gasteiger partial charge in [-0.25, -0.2) is 9.59 Å². The molecule has 0 aromatic heterocycles. The summed E-state index contributed by atoms with van der Waals surface area (Å²) in [7, 11) is 2.43. The smallest absolute Gasteiger partial charge is 0.344 e. The van der Waals surface area contributed by atoms with Gasteiger partial charge in [0, 0.05) is 17.2 Å². The molecule has 0 aliphatic carbocycles. The SMILES string of the molecule is COC(=O)/C=C(\S/C=C(/C(=O)c1ccc(C)cc1)c1ccc(C)cc1)C(=O)OC. The monoisotopic (exact) mass is 410 g/mol. The quantitative estimate of drug-likeness (QED) is 0.381. The molecule has 0 bridgehead atoms. The second-order valence-corrected chi connectivity index (χ2v) is 7.15. The van der Waals surface area contributed by atoms with Gasteiger partial charge in [-0.05, 0) is 24.8 Å². The lowest BCUT2D eigenvalue weighted by molar-refractivity contribution is -0.137. The van der Waals surface area contributed by atoms with Crippen LogP contribution in [0.25, 0.3) is 5.57 Å². The van der Waals surface area contributed by atoms with Crippen molar-refractivity contribution in [2.24, 2.45) is 0 Å². The van der Waals surface area contributed by atoms with E-state index < -0.39 is 11.9 Å². The molecule has 5 nitrogen and oxygen atoms in total. The summed E-state index contributed by atoms with van der Waals surface area (Å²) in [5, 5.41) is 1.55. The number of allylic oxidation sites excluding steroid dienone is 1. The lowest BCUT2D eigenvalue weighted by atomic mass is 9.97. The van der Waals surface area contributed by atoms with Crippen LogP contribution in [0.1, 0.15) is 27.0 Å². The van der Waals surface area contributed by atoms with E-state index >= 15 is 0 Å². The maximum Gasteiger partial charge on any atom is 0.344 e. The first-order valence-corrected chi connectivity index (χ1v) is 9.67. The number of methoxy groups -OCH3 is 2. The number of carbonyl (C=O) groups excluding carboxylic acids is 3. The zero-order chi connectivity index (χ0) is 21.4. The minimum Gasteiger partial charge on any atom is -0.466 e. The van der Waals surface area contributed by atoms with Crippen molar-refractivity contribution in [3.8, 4) is 0 Å². The van der Waals surface area contributed by atoms with Gasteiger partial charge in [-0.1, -0.05) is 71.4 Å². The fourth-order valence-corrected chi connectivity index (χ4v) is 3.21. The van der Waals surface area contributed by atoms with Gasteiger partial charge in [0.1, 0.15) is 4.91 Å². The molecule has 2 aromatic rings. The second kappa shape index (κ2) is 10.4. The van der Waals surface area contributed by atoms with Gasteiger partial charge in [0.05, 0.1) is 14.2 Å². The Morgan fingerprint density at radius 1 is 0.793 bits per heavy atom. The van der Waals surface area contributed by atoms with E-state index in [-0.39, 0.29) is 10.7 Å². The molecule has 0 saturated heterocycles. The molecule has 29 heavy (non-hydrogen) atoms. The van der Waals surface area contributed by atoms with Crippen LogP contribution in [0, 0.1) is 13.8 Å². The van der Waals surface area contributed by atoms with E-state index in [1.807, 2.05) is 50.2 Å². The summed E-state index contributed by atoms with van der Waals surface area (Å²) < 4.78 is 9.30. The minimum absolute atomic E-state index is 0.0145. The van der Waals surface area contributed by atoms with Gasteiger partial charge >= 0.3 is 11.9 Å². The van der Waals surface area contributed by atoms with Gasteiger partial charge in [-0.15, -0.1) is 0 Å². The van der Waals surface area contributed by atoms with Gasteiger partial charge in [0.15, 0.2) is 5.78 Å². The summed E-state index contributed by atoms with van der Waals surface area (Å²) in [6.45, 7) is 3.90. The van der Waals surface area contributed by atoms with Crippen molar-refractivity contribution in [2.45, 2.75) is 13.8 Å². The van der Waals surface area contributed by atoms with Gasteiger partial charge in [0.2, 0.25) is 0 Å². The number of rotatable bonds is 7. The molecule has 0 spiro atoms. The Labute approximate surface area is 174 Å². The second-order valence-electron chi connectivity index (χ2n) is 6.23. The third kappa shape index (κ3) is 6.19. The van der Waals surface area contributed by atoms with Gasteiger partial charge in [-0.2, -0.15) is 0 Å². The number of thioether (sulfide) groups is 1. The number of ether oxygens (including phenoxy) is 2. The molecule has 0 aliphatic rings. The first-order chi connectivity index (χ1) is 13.8. The number of benzene rings is 2. The Morgan fingerprint density at radius 2 is 1.31 bits per heavy atom. The van der Waals surface area contributed by atoms with Crippen LogP contribution in [0.5, 0.6) is 0 Å². The van der Waals surface area contributed by atoms with E-state index in [2.05, 4.69) is 4.74 Å². The topological polar surface area (TPSA) is 69.7 Å². The van der Waals surface area contributed by atoms with Gasteiger partial charge < -0.3 is 9.47 Å². The summed E-state index contributed by atoms with van der Waals surface area (Å²) in [6, 6.07) is 14.7. The summed E-state index contributed by atoms with van der Waals surface area (Å²) >= 11 is 0.934. The molecular weight excluding hydrogens is 388 g/mol. The number of carbonyl (C=O) groups is 3. The molecule has 0 saturated carbocycles. The molecule has 0 radical (unpaired) electrons. The zero-order valence-electron chi connectivity index (χ0n) is 16.7. The average molecular weight is 410 g/mol. The van der Waals surface area contributed by atoms with E-state index in [4.69, 9.17) is 4.74 Å². The molecule has 6 heteroatoms. The Balaban J connectivity index is 2.47. The highest BCUT2D eigenvalue weighted by Crippen LogP contribution is 2.28. The Morgan fingerprint density at radius 3 is 1.79 bits per heavy atom. The predicted octanol–water partition coefficient (Wildman–Crippen LogP) is 4.49. The van der Waals surface area contributed by atoms with Crippen molar-refractivity contribution in [3.05, 3.63) is 87.2 Å². The highest BCUT2D eigenvalue weighted by molar-refractivity contribution is 8.06. The fraction of sp³-hybridized carbons (Fsp3) is 0.174. The van der Waals surface area contributed by atoms with Crippen molar-refractivity contribution in [3.63, 3.8) is 0 Å². The normalized spacial score (nSPS) is 11.7. The third-order valence-electron chi connectivity index (χ3n) is 4.06. The van der Waals surface area contributed by atoms with E-state index in [9.17, 15) is 14.4 Å². The van der Waals surface area contributed by atoms with E-state index in [0.29, 0.717) is 16.7 Å². The minimum atomic E-state index is -0.692. The Bertz CT molecular complexity index is 954. The molecule has 0 fully saturated rings. The molecule has 0 N–H and O–H groups in total. The molecule has 0 atom stereocenters. The molecule has 0 aliphatic heterocycles. The van der Waals surface area contributed by atoms with Crippen molar-refractivity contribution in [1.29, 1.82) is 0 Å². The molecule has 2 aromatic carbocycles. The Hall–Kier alpha value is -3.12. The lowest BCUT2D eigenvalue weighted by Crippen LogP contribution is -2.06. The van der Waals surface area contributed by atoms with E-state index in [0.717, 1.165) is 29.0 Å². The largest absolute Gasteiger partial charge is 0.466 e. The summed E-state index contributed by atoms with van der Waals surface area (Å²) in [6.07, 6.45) is 1.04. The number of hydrogen-bond donors (Lipinski definition) is 0. The maximum atomic E-state index is 13.2. The van der Waals surface area contributed by atoms with Crippen LogP contribution >= 0.6 is 11.8 Å². The van der Waals surface area contributed by atoms with Crippen molar-refractivity contribution >= 4 is 35.1 Å². The van der Waals surface area contributed by atoms with Gasteiger partial charge in [-0.3, -0.25) is 4.79 Å². The molecule has 150 valence electrons. The van der Waals surface area contributed by atoms with Crippen LogP contribution in [0.15, 0.2) is 64.9 Å². The van der Waals surface area contributed by atoms with Crippen LogP contribution in [0.4, 0.5) is 0 Å². The Kier molecular flexibility index (Phi) is 7.98. The summed E-state index contributed by atoms with van der Waals surface area (Å²) in [5.74, 6) is -1.57.